The summed E-state index contributed by atoms with van der Waals surface area (Å²) in [4.78, 5) is 12.5. The molecule has 1 unspecified atom stereocenters. The number of ether oxygens (including phenoxy) is 1. The first-order valence-corrected chi connectivity index (χ1v) is 4.17. The summed E-state index contributed by atoms with van der Waals surface area (Å²) < 4.78 is 5.02. The number of aliphatic hydroxyl groups is 1. The van der Waals surface area contributed by atoms with Crippen molar-refractivity contribution in [2.24, 2.45) is 0 Å². The van der Waals surface area contributed by atoms with E-state index in [2.05, 4.69) is 6.58 Å². The van der Waals surface area contributed by atoms with Crippen LogP contribution in [0.2, 0.25) is 0 Å². The molecule has 0 saturated carbocycles. The lowest BCUT2D eigenvalue weighted by Crippen LogP contribution is -2.53. The van der Waals surface area contributed by atoms with Gasteiger partial charge in [0.1, 0.15) is 0 Å². The molecule has 0 bridgehead atoms. The van der Waals surface area contributed by atoms with Gasteiger partial charge in [0.05, 0.1) is 0 Å². The van der Waals surface area contributed by atoms with Crippen LogP contribution in [0.5, 0.6) is 0 Å². The van der Waals surface area contributed by atoms with E-state index in [1.807, 2.05) is 0 Å². The quantitative estimate of drug-likeness (QED) is 0.656. The van der Waals surface area contributed by atoms with Gasteiger partial charge < -0.3 is 9.84 Å². The Bertz CT molecular complexity index is 245. The summed E-state index contributed by atoms with van der Waals surface area (Å²) in [5, 5.41) is 10.0. The van der Waals surface area contributed by atoms with E-state index < -0.39 is 17.4 Å². The molecule has 1 fully saturated rings. The van der Waals surface area contributed by atoms with Gasteiger partial charge in [0.15, 0.2) is 11.3 Å². The summed E-state index contributed by atoms with van der Waals surface area (Å²) in [7, 11) is 0. The lowest BCUT2D eigenvalue weighted by molar-refractivity contribution is -0.124. The van der Waals surface area contributed by atoms with E-state index in [0.29, 0.717) is 0 Å². The van der Waals surface area contributed by atoms with Crippen LogP contribution in [0, 0.1) is 0 Å². The average Bonchev–Trinajstić information content (AvgIpc) is 2.10. The fourth-order valence-corrected chi connectivity index (χ4v) is 1.25. The van der Waals surface area contributed by atoms with E-state index >= 15 is 0 Å². The third kappa shape index (κ3) is 1.31. The SMILES string of the molecule is C=CCN1C(=O)OC(C)(C)C1(C)O. The predicted octanol–water partition coefficient (Wildman–Crippen LogP) is 1.11. The van der Waals surface area contributed by atoms with Crippen LogP contribution in [0.25, 0.3) is 0 Å². The van der Waals surface area contributed by atoms with Crippen LogP contribution in [-0.4, -0.2) is 34.0 Å². The minimum atomic E-state index is -1.28. The molecule has 4 heteroatoms. The van der Waals surface area contributed by atoms with Crippen molar-refractivity contribution < 1.29 is 14.6 Å². The molecule has 1 amide bonds. The summed E-state index contributed by atoms with van der Waals surface area (Å²) in [5.41, 5.74) is -2.16. The van der Waals surface area contributed by atoms with E-state index in [0.717, 1.165) is 0 Å². The molecule has 4 nitrogen and oxygen atoms in total. The topological polar surface area (TPSA) is 49.8 Å². The van der Waals surface area contributed by atoms with Gasteiger partial charge >= 0.3 is 6.09 Å². The summed E-state index contributed by atoms with van der Waals surface area (Å²) in [6, 6.07) is 0. The molecule has 1 rings (SSSR count). The molecule has 1 aliphatic heterocycles. The molecule has 74 valence electrons. The van der Waals surface area contributed by atoms with Crippen LogP contribution >= 0.6 is 0 Å². The highest BCUT2D eigenvalue weighted by molar-refractivity contribution is 5.72. The van der Waals surface area contributed by atoms with Crippen molar-refractivity contribution in [3.8, 4) is 0 Å². The van der Waals surface area contributed by atoms with Gasteiger partial charge in [0, 0.05) is 6.54 Å². The molecule has 1 N–H and O–H groups in total. The number of rotatable bonds is 2. The lowest BCUT2D eigenvalue weighted by Gasteiger charge is -2.34. The maximum atomic E-state index is 11.3. The van der Waals surface area contributed by atoms with Crippen molar-refractivity contribution in [1.82, 2.24) is 4.90 Å². The highest BCUT2D eigenvalue weighted by Gasteiger charge is 2.55. The van der Waals surface area contributed by atoms with Crippen LogP contribution < -0.4 is 0 Å². The number of nitrogens with zero attached hydrogens (tertiary/aromatic N) is 1. The van der Waals surface area contributed by atoms with Crippen molar-refractivity contribution in [2.45, 2.75) is 32.1 Å². The van der Waals surface area contributed by atoms with E-state index in [1.165, 1.54) is 4.90 Å². The first-order chi connectivity index (χ1) is 5.83. The van der Waals surface area contributed by atoms with E-state index in [4.69, 9.17) is 4.74 Å². The van der Waals surface area contributed by atoms with Gasteiger partial charge in [0.25, 0.3) is 0 Å². The van der Waals surface area contributed by atoms with Gasteiger partial charge in [-0.25, -0.2) is 4.79 Å². The number of carbonyl (C=O) groups is 1. The van der Waals surface area contributed by atoms with Crippen LogP contribution in [0.1, 0.15) is 20.8 Å². The molecule has 0 spiro atoms. The fraction of sp³-hybridized carbons (Fsp3) is 0.667. The summed E-state index contributed by atoms with van der Waals surface area (Å²) in [6.07, 6.45) is 1.05. The number of hydrogen-bond acceptors (Lipinski definition) is 3. The lowest BCUT2D eigenvalue weighted by atomic mass is 9.96. The minimum absolute atomic E-state index is 0.287. The third-order valence-electron chi connectivity index (χ3n) is 2.54. The summed E-state index contributed by atoms with van der Waals surface area (Å²) >= 11 is 0. The Morgan fingerprint density at radius 1 is 1.62 bits per heavy atom. The Hall–Kier alpha value is -1.03. The highest BCUT2D eigenvalue weighted by atomic mass is 16.6. The summed E-state index contributed by atoms with van der Waals surface area (Å²) in [5.74, 6) is 0. The first kappa shape index (κ1) is 10.1. The van der Waals surface area contributed by atoms with Gasteiger partial charge in [-0.15, -0.1) is 6.58 Å². The van der Waals surface area contributed by atoms with E-state index in [-0.39, 0.29) is 6.54 Å². The van der Waals surface area contributed by atoms with Crippen molar-refractivity contribution in [1.29, 1.82) is 0 Å². The number of amides is 1. The standard InChI is InChI=1S/C9H15NO3/c1-5-6-10-7(11)13-8(2,3)9(10,4)12/h5,12H,1,6H2,2-4H3. The zero-order chi connectivity index (χ0) is 10.3. The van der Waals surface area contributed by atoms with Crippen molar-refractivity contribution in [3.05, 3.63) is 12.7 Å². The van der Waals surface area contributed by atoms with Crippen LogP contribution in [0.4, 0.5) is 4.79 Å². The zero-order valence-electron chi connectivity index (χ0n) is 8.20. The molecule has 0 aromatic rings. The minimum Gasteiger partial charge on any atom is -0.438 e. The van der Waals surface area contributed by atoms with Crippen molar-refractivity contribution >= 4 is 6.09 Å². The first-order valence-electron chi connectivity index (χ1n) is 4.17. The predicted molar refractivity (Wildman–Crippen MR) is 48.1 cm³/mol. The second-order valence-electron chi connectivity index (χ2n) is 3.80. The largest absolute Gasteiger partial charge is 0.438 e. The number of hydrogen-bond donors (Lipinski definition) is 1. The van der Waals surface area contributed by atoms with Crippen molar-refractivity contribution in [3.63, 3.8) is 0 Å². The Morgan fingerprint density at radius 2 is 2.15 bits per heavy atom. The molecule has 0 aliphatic carbocycles. The second kappa shape index (κ2) is 2.73. The molecule has 13 heavy (non-hydrogen) atoms. The third-order valence-corrected chi connectivity index (χ3v) is 2.54. The van der Waals surface area contributed by atoms with Gasteiger partial charge in [-0.2, -0.15) is 0 Å². The monoisotopic (exact) mass is 185 g/mol. The maximum Gasteiger partial charge on any atom is 0.413 e. The van der Waals surface area contributed by atoms with Crippen LogP contribution in [-0.2, 0) is 4.74 Å². The van der Waals surface area contributed by atoms with Gasteiger partial charge in [-0.3, -0.25) is 4.90 Å². The number of carbonyl (C=O) groups excluding carboxylic acids is 1. The summed E-state index contributed by atoms with van der Waals surface area (Å²) in [6.45, 7) is 8.70. The molecule has 1 atom stereocenters. The molecular formula is C9H15NO3. The molecule has 0 aromatic carbocycles. The van der Waals surface area contributed by atoms with Crippen LogP contribution in [0.3, 0.4) is 0 Å². The Morgan fingerprint density at radius 3 is 2.46 bits per heavy atom. The van der Waals surface area contributed by atoms with Crippen molar-refractivity contribution in [2.75, 3.05) is 6.54 Å². The van der Waals surface area contributed by atoms with Gasteiger partial charge in [-0.05, 0) is 20.8 Å². The molecule has 0 radical (unpaired) electrons. The molecule has 1 heterocycles. The fourth-order valence-electron chi connectivity index (χ4n) is 1.25. The molecule has 1 saturated heterocycles. The Balaban J connectivity index is 2.98. The Labute approximate surface area is 77.8 Å². The molecule has 1 aliphatic rings. The maximum absolute atomic E-state index is 11.3. The highest BCUT2D eigenvalue weighted by Crippen LogP contribution is 2.36. The Kier molecular flexibility index (Phi) is 2.11. The second-order valence-corrected chi connectivity index (χ2v) is 3.80. The van der Waals surface area contributed by atoms with Gasteiger partial charge in [-0.1, -0.05) is 6.08 Å². The average molecular weight is 185 g/mol. The zero-order valence-corrected chi connectivity index (χ0v) is 8.20. The molecular weight excluding hydrogens is 170 g/mol. The normalized spacial score (nSPS) is 31.7. The number of cyclic esters (lactones) is 1. The van der Waals surface area contributed by atoms with E-state index in [1.54, 1.807) is 26.8 Å². The smallest absolute Gasteiger partial charge is 0.413 e. The van der Waals surface area contributed by atoms with E-state index in [9.17, 15) is 9.90 Å². The van der Waals surface area contributed by atoms with Crippen LogP contribution in [0.15, 0.2) is 12.7 Å². The molecule has 0 aromatic heterocycles. The van der Waals surface area contributed by atoms with Gasteiger partial charge in [0.2, 0.25) is 0 Å².